The Morgan fingerprint density at radius 2 is 1.62 bits per heavy atom. The highest BCUT2D eigenvalue weighted by atomic mass is 35.5. The SMILES string of the molecule is COc1ccc(Cl)cc1[N-]S(=O)(=O)c1cc(Cl)ccc1Cl. The zero-order valence-electron chi connectivity index (χ0n) is 10.7. The number of ether oxygens (including phenoxy) is 1. The van der Waals surface area contributed by atoms with Gasteiger partial charge in [0.1, 0.15) is 15.8 Å². The molecule has 0 atom stereocenters. The minimum Gasteiger partial charge on any atom is -0.570 e. The molecule has 4 nitrogen and oxygen atoms in total. The maximum atomic E-state index is 12.3. The summed E-state index contributed by atoms with van der Waals surface area (Å²) < 4.78 is 33.5. The van der Waals surface area contributed by atoms with Gasteiger partial charge in [0, 0.05) is 10.0 Å². The first-order valence-corrected chi connectivity index (χ1v) is 8.17. The molecule has 2 aromatic rings. The summed E-state index contributed by atoms with van der Waals surface area (Å²) in [6, 6.07) is 8.59. The lowest BCUT2D eigenvalue weighted by molar-refractivity contribution is 0.417. The van der Waals surface area contributed by atoms with Crippen molar-refractivity contribution in [3.05, 3.63) is 56.2 Å². The fourth-order valence-electron chi connectivity index (χ4n) is 1.59. The van der Waals surface area contributed by atoms with Crippen molar-refractivity contribution in [2.75, 3.05) is 7.11 Å². The van der Waals surface area contributed by atoms with Crippen LogP contribution in [0.15, 0.2) is 41.3 Å². The van der Waals surface area contributed by atoms with E-state index in [0.29, 0.717) is 5.02 Å². The number of sulfonamides is 1. The van der Waals surface area contributed by atoms with Crippen LogP contribution < -0.4 is 4.74 Å². The molecule has 0 aliphatic carbocycles. The third kappa shape index (κ3) is 3.74. The van der Waals surface area contributed by atoms with E-state index in [4.69, 9.17) is 39.5 Å². The van der Waals surface area contributed by atoms with Crippen LogP contribution >= 0.6 is 34.8 Å². The Labute approximate surface area is 137 Å². The third-order valence-corrected chi connectivity index (χ3v) is 4.77. The number of hydrogen-bond acceptors (Lipinski definition) is 3. The number of nitrogens with zero attached hydrogens (tertiary/aromatic N) is 1. The molecule has 0 amide bonds. The molecule has 0 saturated heterocycles. The van der Waals surface area contributed by atoms with Crippen LogP contribution in [0.1, 0.15) is 0 Å². The van der Waals surface area contributed by atoms with E-state index in [1.54, 1.807) is 6.07 Å². The van der Waals surface area contributed by atoms with Gasteiger partial charge in [0.15, 0.2) is 0 Å². The monoisotopic (exact) mass is 364 g/mol. The summed E-state index contributed by atoms with van der Waals surface area (Å²) in [7, 11) is -2.64. The van der Waals surface area contributed by atoms with Crippen LogP contribution in [-0.4, -0.2) is 15.5 Å². The van der Waals surface area contributed by atoms with Crippen LogP contribution in [0.4, 0.5) is 5.69 Å². The molecule has 0 aliphatic heterocycles. The van der Waals surface area contributed by atoms with Gasteiger partial charge in [-0.2, -0.15) is 0 Å². The van der Waals surface area contributed by atoms with Crippen molar-refractivity contribution in [1.29, 1.82) is 0 Å². The number of benzene rings is 2. The zero-order valence-corrected chi connectivity index (χ0v) is 13.8. The Hall–Kier alpha value is -1.14. The van der Waals surface area contributed by atoms with Crippen LogP contribution in [0, 0.1) is 0 Å². The van der Waals surface area contributed by atoms with Gasteiger partial charge >= 0.3 is 0 Å². The van der Waals surface area contributed by atoms with Gasteiger partial charge in [-0.1, -0.05) is 46.6 Å². The Morgan fingerprint density at radius 3 is 2.29 bits per heavy atom. The highest BCUT2D eigenvalue weighted by Gasteiger charge is 2.12. The van der Waals surface area contributed by atoms with Crippen molar-refractivity contribution in [3.63, 3.8) is 0 Å². The molecule has 2 aromatic carbocycles. The predicted molar refractivity (Wildman–Crippen MR) is 84.7 cm³/mol. The summed E-state index contributed by atoms with van der Waals surface area (Å²) in [6.45, 7) is 0. The maximum Gasteiger partial charge on any atom is 0.124 e. The van der Waals surface area contributed by atoms with E-state index >= 15 is 0 Å². The smallest absolute Gasteiger partial charge is 0.124 e. The van der Waals surface area contributed by atoms with Gasteiger partial charge in [-0.05, 0) is 30.3 Å². The molecule has 0 unspecified atom stereocenters. The van der Waals surface area contributed by atoms with Gasteiger partial charge in [-0.3, -0.25) is 0 Å². The fourth-order valence-corrected chi connectivity index (χ4v) is 3.49. The number of methoxy groups -OCH3 is 1. The highest BCUT2D eigenvalue weighted by molar-refractivity contribution is 7.94. The largest absolute Gasteiger partial charge is 0.570 e. The summed E-state index contributed by atoms with van der Waals surface area (Å²) in [6.07, 6.45) is 0. The van der Waals surface area contributed by atoms with E-state index in [1.165, 1.54) is 37.4 Å². The molecule has 112 valence electrons. The topological polar surface area (TPSA) is 57.5 Å². The van der Waals surface area contributed by atoms with E-state index in [2.05, 4.69) is 4.72 Å². The minimum atomic E-state index is -4.05. The molecule has 0 fully saturated rings. The summed E-state index contributed by atoms with van der Waals surface area (Å²) >= 11 is 17.5. The van der Waals surface area contributed by atoms with E-state index in [1.807, 2.05) is 0 Å². The summed E-state index contributed by atoms with van der Waals surface area (Å²) in [5.74, 6) is 0.279. The summed E-state index contributed by atoms with van der Waals surface area (Å²) in [5, 5.41) is 0.609. The lowest BCUT2D eigenvalue weighted by Crippen LogP contribution is -1.99. The van der Waals surface area contributed by atoms with Gasteiger partial charge in [-0.25, -0.2) is 8.42 Å². The van der Waals surface area contributed by atoms with Crippen molar-refractivity contribution in [1.82, 2.24) is 0 Å². The standard InChI is InChI=1S/C13H9Cl3NO3S/c1-20-12-5-3-8(14)6-11(12)17-21(18,19)13-7-9(15)2-4-10(13)16/h2-7H,1H3/q-1. The summed E-state index contributed by atoms with van der Waals surface area (Å²) in [5.41, 5.74) is 0.0843. The lowest BCUT2D eigenvalue weighted by Gasteiger charge is -2.25. The molecular formula is C13H9Cl3NO3S-. The number of rotatable bonds is 4. The quantitative estimate of drug-likeness (QED) is 0.762. The second kappa shape index (κ2) is 6.32. The van der Waals surface area contributed by atoms with Gasteiger partial charge in [0.05, 0.1) is 17.0 Å². The maximum absolute atomic E-state index is 12.3. The normalized spacial score (nSPS) is 11.2. The average molecular weight is 366 g/mol. The van der Waals surface area contributed by atoms with E-state index in [0.717, 1.165) is 0 Å². The van der Waals surface area contributed by atoms with Crippen molar-refractivity contribution < 1.29 is 13.2 Å². The average Bonchev–Trinajstić information content (AvgIpc) is 2.41. The van der Waals surface area contributed by atoms with Crippen molar-refractivity contribution in [3.8, 4) is 5.75 Å². The minimum absolute atomic E-state index is 0.0316. The molecule has 0 spiro atoms. The van der Waals surface area contributed by atoms with Crippen LogP contribution in [0.3, 0.4) is 0 Å². The van der Waals surface area contributed by atoms with Gasteiger partial charge in [-0.15, -0.1) is 0 Å². The highest BCUT2D eigenvalue weighted by Crippen LogP contribution is 2.39. The number of halogens is 3. The second-order valence-electron chi connectivity index (χ2n) is 3.96. The van der Waals surface area contributed by atoms with Crippen LogP contribution in [0.5, 0.6) is 5.75 Å². The van der Waals surface area contributed by atoms with E-state index in [-0.39, 0.29) is 26.4 Å². The molecule has 21 heavy (non-hydrogen) atoms. The van der Waals surface area contributed by atoms with Gasteiger partial charge in [0.25, 0.3) is 0 Å². The molecule has 8 heteroatoms. The van der Waals surface area contributed by atoms with Gasteiger partial charge in [0.2, 0.25) is 0 Å². The Bertz CT molecular complexity index is 778. The van der Waals surface area contributed by atoms with Crippen LogP contribution in [0.2, 0.25) is 15.1 Å². The Kier molecular flexibility index (Phi) is 4.88. The molecular weight excluding hydrogens is 357 g/mol. The van der Waals surface area contributed by atoms with Crippen molar-refractivity contribution in [2.45, 2.75) is 4.90 Å². The first kappa shape index (κ1) is 16.2. The molecule has 0 radical (unpaired) electrons. The van der Waals surface area contributed by atoms with Crippen LogP contribution in [0.25, 0.3) is 4.72 Å². The fraction of sp³-hybridized carbons (Fsp3) is 0.0769. The van der Waals surface area contributed by atoms with E-state index < -0.39 is 10.0 Å². The molecule has 0 aliphatic rings. The van der Waals surface area contributed by atoms with Crippen LogP contribution in [-0.2, 0) is 10.0 Å². The Balaban J connectivity index is 2.47. The lowest BCUT2D eigenvalue weighted by atomic mass is 10.3. The molecule has 0 heterocycles. The predicted octanol–water partition coefficient (Wildman–Crippen LogP) is 5.05. The first-order valence-electron chi connectivity index (χ1n) is 5.60. The van der Waals surface area contributed by atoms with Crippen molar-refractivity contribution >= 4 is 50.5 Å². The molecule has 2 rings (SSSR count). The molecule has 0 bridgehead atoms. The van der Waals surface area contributed by atoms with Gasteiger partial charge < -0.3 is 9.46 Å². The zero-order chi connectivity index (χ0) is 15.6. The van der Waals surface area contributed by atoms with Crippen molar-refractivity contribution in [2.24, 2.45) is 0 Å². The third-order valence-electron chi connectivity index (χ3n) is 2.53. The Morgan fingerprint density at radius 1 is 1.00 bits per heavy atom. The van der Waals surface area contributed by atoms with E-state index in [9.17, 15) is 8.42 Å². The second-order valence-corrected chi connectivity index (χ2v) is 6.81. The number of hydrogen-bond donors (Lipinski definition) is 0. The molecule has 0 saturated carbocycles. The molecule has 0 N–H and O–H groups in total. The first-order chi connectivity index (χ1) is 9.83. The molecule has 0 aromatic heterocycles. The summed E-state index contributed by atoms with van der Waals surface area (Å²) in [4.78, 5) is -0.182.